The first kappa shape index (κ1) is 9.57. The van der Waals surface area contributed by atoms with Gasteiger partial charge < -0.3 is 4.74 Å². The Balaban J connectivity index is 2.64. The number of hydrogen-bond acceptors (Lipinski definition) is 4. The Kier molecular flexibility index (Phi) is 2.69. The van der Waals surface area contributed by atoms with Crippen molar-refractivity contribution in [3.05, 3.63) is 0 Å². The van der Waals surface area contributed by atoms with Crippen LogP contribution in [-0.4, -0.2) is 36.5 Å². The molecule has 4 nitrogen and oxygen atoms in total. The largest absolute Gasteiger partial charge is 0.431 e. The molecular weight excluding hydrogens is 183 g/mol. The van der Waals surface area contributed by atoms with Crippen molar-refractivity contribution in [3.8, 4) is 0 Å². The summed E-state index contributed by atoms with van der Waals surface area (Å²) in [5, 5.41) is 0. The molecule has 1 unspecified atom stereocenters. The Labute approximate surface area is 69.2 Å². The van der Waals surface area contributed by atoms with Gasteiger partial charge in [-0.15, -0.1) is 0 Å². The summed E-state index contributed by atoms with van der Waals surface area (Å²) in [7, 11) is -3.30. The Bertz CT molecular complexity index is 140. The van der Waals surface area contributed by atoms with Crippen LogP contribution in [0.15, 0.2) is 0 Å². The summed E-state index contributed by atoms with van der Waals surface area (Å²) < 4.78 is 5.19. The molecule has 1 heterocycles. The van der Waals surface area contributed by atoms with E-state index in [-0.39, 0.29) is 0 Å². The van der Waals surface area contributed by atoms with Gasteiger partial charge in [-0.1, -0.05) is 0 Å². The molecular formula is C5H14O4PSi+. The van der Waals surface area contributed by atoms with E-state index in [1.54, 1.807) is 0 Å². The smallest absolute Gasteiger partial charge is 0.339 e. The Hall–Kier alpha value is 0.487. The topological polar surface area (TPSA) is 69.9 Å². The highest BCUT2D eigenvalue weighted by Crippen LogP contribution is 2.60. The van der Waals surface area contributed by atoms with Gasteiger partial charge in [-0.3, -0.25) is 0 Å². The van der Waals surface area contributed by atoms with Crippen molar-refractivity contribution in [3.63, 3.8) is 0 Å². The van der Waals surface area contributed by atoms with E-state index >= 15 is 0 Å². The minimum Gasteiger partial charge on any atom is -0.339 e. The third kappa shape index (κ3) is 1.99. The van der Waals surface area contributed by atoms with E-state index in [4.69, 9.17) is 19.4 Å². The van der Waals surface area contributed by atoms with Gasteiger partial charge in [-0.25, -0.2) is 0 Å². The molecule has 66 valence electrons. The van der Waals surface area contributed by atoms with Crippen LogP contribution in [0.1, 0.15) is 19.3 Å². The van der Waals surface area contributed by atoms with E-state index in [1.807, 2.05) is 0 Å². The van der Waals surface area contributed by atoms with E-state index in [0.717, 1.165) is 12.8 Å². The van der Waals surface area contributed by atoms with Crippen molar-refractivity contribution in [1.29, 1.82) is 0 Å². The van der Waals surface area contributed by atoms with Gasteiger partial charge in [0, 0.05) is 6.42 Å². The van der Waals surface area contributed by atoms with Crippen LogP contribution >= 0.6 is 7.94 Å². The van der Waals surface area contributed by atoms with Gasteiger partial charge in [0.15, 0.2) is 0 Å². The van der Waals surface area contributed by atoms with E-state index < -0.39 is 12.9 Å². The fourth-order valence-corrected chi connectivity index (χ4v) is 2.44. The molecule has 0 saturated carbocycles. The maximum atomic E-state index is 9.03. The molecule has 0 spiro atoms. The van der Waals surface area contributed by atoms with Crippen molar-refractivity contribution in [2.75, 3.05) is 6.61 Å². The van der Waals surface area contributed by atoms with Crippen molar-refractivity contribution in [2.45, 2.75) is 24.2 Å². The molecule has 3 N–H and O–H groups in total. The first-order valence-corrected chi connectivity index (χ1v) is 6.32. The summed E-state index contributed by atoms with van der Waals surface area (Å²) >= 11 is 0. The average molecular weight is 197 g/mol. The van der Waals surface area contributed by atoms with Crippen LogP contribution in [0.4, 0.5) is 0 Å². The summed E-state index contributed by atoms with van der Waals surface area (Å²) in [5.74, 6) is 0. The van der Waals surface area contributed by atoms with Gasteiger partial charge >= 0.3 is 7.94 Å². The van der Waals surface area contributed by atoms with Crippen LogP contribution in [0, 0.1) is 0 Å². The van der Waals surface area contributed by atoms with Crippen LogP contribution in [0.5, 0.6) is 0 Å². The quantitative estimate of drug-likeness (QED) is 0.370. The normalized spacial score (nSPS) is 34.1. The fraction of sp³-hybridized carbons (Fsp3) is 1.00. The molecule has 1 aliphatic heterocycles. The van der Waals surface area contributed by atoms with Crippen LogP contribution in [0.2, 0.25) is 0 Å². The first-order chi connectivity index (χ1) is 4.96. The monoisotopic (exact) mass is 197 g/mol. The van der Waals surface area contributed by atoms with Gasteiger partial charge in [0.25, 0.3) is 0 Å². The predicted octanol–water partition coefficient (Wildman–Crippen LogP) is -1.05. The van der Waals surface area contributed by atoms with E-state index in [1.165, 1.54) is 0 Å². The SMILES string of the molecule is O[P+](O)(O)C1([SiH3])CCCCO1. The summed E-state index contributed by atoms with van der Waals surface area (Å²) in [4.78, 5) is 26.1. The number of ether oxygens (including phenoxy) is 1. The Morgan fingerprint density at radius 3 is 2.18 bits per heavy atom. The lowest BCUT2D eigenvalue weighted by Crippen LogP contribution is -2.38. The van der Waals surface area contributed by atoms with Crippen LogP contribution in [0.3, 0.4) is 0 Å². The highest BCUT2D eigenvalue weighted by molar-refractivity contribution is 7.61. The van der Waals surface area contributed by atoms with Gasteiger partial charge in [-0.05, 0) is 12.8 Å². The molecule has 0 aromatic rings. The number of rotatable bonds is 1. The third-order valence-corrected chi connectivity index (χ3v) is 6.29. The standard InChI is InChI=1S/C5H14O4PSi/c6-10(7,8)5(11)3-1-2-4-9-5/h6-8H,1-4H2,11H3/q+1. The minimum absolute atomic E-state index is 0.466. The van der Waals surface area contributed by atoms with Gasteiger partial charge in [0.1, 0.15) is 10.2 Å². The average Bonchev–Trinajstić information content (AvgIpc) is 1.87. The molecule has 11 heavy (non-hydrogen) atoms. The number of hydrogen-bond donors (Lipinski definition) is 3. The van der Waals surface area contributed by atoms with Crippen molar-refractivity contribution < 1.29 is 19.4 Å². The van der Waals surface area contributed by atoms with E-state index in [0.29, 0.717) is 23.3 Å². The molecule has 6 heteroatoms. The highest BCUT2D eigenvalue weighted by Gasteiger charge is 2.55. The van der Waals surface area contributed by atoms with Crippen molar-refractivity contribution >= 4 is 18.2 Å². The minimum atomic E-state index is -3.76. The highest BCUT2D eigenvalue weighted by atomic mass is 31.2. The molecule has 1 saturated heterocycles. The van der Waals surface area contributed by atoms with Gasteiger partial charge in [0.2, 0.25) is 4.97 Å². The maximum Gasteiger partial charge on any atom is 0.431 e. The molecule has 1 rings (SSSR count). The van der Waals surface area contributed by atoms with Crippen LogP contribution in [-0.2, 0) is 4.74 Å². The predicted molar refractivity (Wildman–Crippen MR) is 46.0 cm³/mol. The van der Waals surface area contributed by atoms with E-state index in [2.05, 4.69) is 0 Å². The molecule has 1 fully saturated rings. The lowest BCUT2D eigenvalue weighted by molar-refractivity contribution is 0.0129. The third-order valence-electron chi connectivity index (χ3n) is 2.08. The first-order valence-electron chi connectivity index (χ1n) is 3.67. The molecule has 0 radical (unpaired) electrons. The van der Waals surface area contributed by atoms with Crippen molar-refractivity contribution in [2.24, 2.45) is 0 Å². The molecule has 0 amide bonds. The molecule has 0 bridgehead atoms. The summed E-state index contributed by atoms with van der Waals surface area (Å²) in [5.41, 5.74) is 0. The Morgan fingerprint density at radius 1 is 1.27 bits per heavy atom. The second kappa shape index (κ2) is 3.09. The zero-order valence-electron chi connectivity index (χ0n) is 6.53. The lowest BCUT2D eigenvalue weighted by Gasteiger charge is -2.32. The zero-order chi connectivity index (χ0) is 8.54. The van der Waals surface area contributed by atoms with Gasteiger partial charge in [-0.2, -0.15) is 14.7 Å². The maximum absolute atomic E-state index is 9.03. The molecule has 0 aromatic heterocycles. The zero-order valence-corrected chi connectivity index (χ0v) is 9.42. The summed E-state index contributed by atoms with van der Waals surface area (Å²) in [6.07, 6.45) is 2.44. The molecule has 0 aromatic carbocycles. The summed E-state index contributed by atoms with van der Waals surface area (Å²) in [6.45, 7) is 0.535. The van der Waals surface area contributed by atoms with E-state index in [9.17, 15) is 0 Å². The second-order valence-corrected chi connectivity index (χ2v) is 7.59. The molecule has 0 aliphatic carbocycles. The fourth-order valence-electron chi connectivity index (χ4n) is 1.16. The lowest BCUT2D eigenvalue weighted by atomic mass is 10.2. The summed E-state index contributed by atoms with van der Waals surface area (Å²) in [6, 6.07) is 0. The van der Waals surface area contributed by atoms with Crippen molar-refractivity contribution in [1.82, 2.24) is 0 Å². The molecule has 1 aliphatic rings. The van der Waals surface area contributed by atoms with Gasteiger partial charge in [0.05, 0.1) is 6.61 Å². The van der Waals surface area contributed by atoms with Crippen LogP contribution < -0.4 is 0 Å². The second-order valence-electron chi connectivity index (χ2n) is 3.05. The molecule has 1 atom stereocenters. The Morgan fingerprint density at radius 2 is 1.91 bits per heavy atom. The van der Waals surface area contributed by atoms with Crippen LogP contribution in [0.25, 0.3) is 0 Å².